The van der Waals surface area contributed by atoms with Gasteiger partial charge in [0.2, 0.25) is 0 Å². The lowest BCUT2D eigenvalue weighted by Gasteiger charge is -2.41. The molecular formula is C14H29NSi. The SMILES string of the molecule is CCC(C)=CC[Si](C)(CC)N1CCCCC1. The highest BCUT2D eigenvalue weighted by Gasteiger charge is 2.32. The predicted molar refractivity (Wildman–Crippen MR) is 76.4 cm³/mol. The van der Waals surface area contributed by atoms with Crippen molar-refractivity contribution in [2.75, 3.05) is 13.1 Å². The zero-order valence-electron chi connectivity index (χ0n) is 11.7. The van der Waals surface area contributed by atoms with Gasteiger partial charge in [0.25, 0.3) is 0 Å². The Hall–Kier alpha value is -0.0831. The molecule has 0 bridgehead atoms. The number of nitrogens with zero attached hydrogens (tertiary/aromatic N) is 1. The number of hydrogen-bond donors (Lipinski definition) is 0. The zero-order valence-corrected chi connectivity index (χ0v) is 12.7. The fourth-order valence-electron chi connectivity index (χ4n) is 2.47. The predicted octanol–water partition coefficient (Wildman–Crippen LogP) is 4.42. The van der Waals surface area contributed by atoms with Gasteiger partial charge in [-0.15, -0.1) is 0 Å². The molecule has 1 saturated heterocycles. The van der Waals surface area contributed by atoms with Gasteiger partial charge < -0.3 is 4.57 Å². The molecule has 16 heavy (non-hydrogen) atoms. The Morgan fingerprint density at radius 3 is 2.31 bits per heavy atom. The molecule has 1 atom stereocenters. The van der Waals surface area contributed by atoms with Crippen molar-refractivity contribution in [1.82, 2.24) is 4.57 Å². The summed E-state index contributed by atoms with van der Waals surface area (Å²) in [7, 11) is -1.14. The molecule has 0 radical (unpaired) electrons. The van der Waals surface area contributed by atoms with Crippen molar-refractivity contribution in [3.05, 3.63) is 11.6 Å². The Labute approximate surface area is 103 Å². The largest absolute Gasteiger partial charge is 0.323 e. The lowest BCUT2D eigenvalue weighted by Crippen LogP contribution is -2.52. The topological polar surface area (TPSA) is 3.24 Å². The number of allylic oxidation sites excluding steroid dienone is 2. The Morgan fingerprint density at radius 2 is 1.81 bits per heavy atom. The lowest BCUT2D eigenvalue weighted by atomic mass is 10.2. The maximum absolute atomic E-state index is 2.86. The molecule has 1 aliphatic rings. The highest BCUT2D eigenvalue weighted by atomic mass is 28.3. The molecule has 0 aliphatic carbocycles. The summed E-state index contributed by atoms with van der Waals surface area (Å²) in [5, 5.41) is 0. The van der Waals surface area contributed by atoms with Gasteiger partial charge >= 0.3 is 0 Å². The average Bonchev–Trinajstić information content (AvgIpc) is 2.36. The zero-order chi connectivity index (χ0) is 12.0. The van der Waals surface area contributed by atoms with Gasteiger partial charge in [0.05, 0.1) is 0 Å². The summed E-state index contributed by atoms with van der Waals surface area (Å²) >= 11 is 0. The molecule has 0 aromatic rings. The van der Waals surface area contributed by atoms with Crippen LogP contribution in [0.1, 0.15) is 46.5 Å². The second-order valence-corrected chi connectivity index (χ2v) is 10.2. The van der Waals surface area contributed by atoms with Crippen LogP contribution in [0.15, 0.2) is 11.6 Å². The van der Waals surface area contributed by atoms with E-state index in [2.05, 4.69) is 38.0 Å². The maximum atomic E-state index is 2.86. The van der Waals surface area contributed by atoms with Crippen LogP contribution in [0.3, 0.4) is 0 Å². The van der Waals surface area contributed by atoms with Crippen LogP contribution in [-0.2, 0) is 0 Å². The second-order valence-electron chi connectivity index (χ2n) is 5.51. The van der Waals surface area contributed by atoms with Crippen molar-refractivity contribution in [2.24, 2.45) is 0 Å². The monoisotopic (exact) mass is 239 g/mol. The van der Waals surface area contributed by atoms with Crippen molar-refractivity contribution in [3.8, 4) is 0 Å². The molecular weight excluding hydrogens is 210 g/mol. The van der Waals surface area contributed by atoms with Crippen LogP contribution in [0, 0.1) is 0 Å². The minimum atomic E-state index is -1.14. The Kier molecular flexibility index (Phi) is 5.77. The van der Waals surface area contributed by atoms with E-state index < -0.39 is 8.24 Å². The molecule has 1 rings (SSSR count). The third kappa shape index (κ3) is 3.74. The molecule has 1 heterocycles. The minimum Gasteiger partial charge on any atom is -0.323 e. The summed E-state index contributed by atoms with van der Waals surface area (Å²) in [6.45, 7) is 12.3. The number of hydrogen-bond acceptors (Lipinski definition) is 1. The highest BCUT2D eigenvalue weighted by molar-refractivity contribution is 6.76. The molecule has 1 fully saturated rings. The first-order valence-electron chi connectivity index (χ1n) is 7.03. The van der Waals surface area contributed by atoms with Crippen molar-refractivity contribution in [1.29, 1.82) is 0 Å². The van der Waals surface area contributed by atoms with Gasteiger partial charge in [-0.05, 0) is 51.4 Å². The summed E-state index contributed by atoms with van der Waals surface area (Å²) in [6, 6.07) is 2.77. The molecule has 1 nitrogen and oxygen atoms in total. The fourth-order valence-corrected chi connectivity index (χ4v) is 5.65. The fraction of sp³-hybridized carbons (Fsp3) is 0.857. The van der Waals surface area contributed by atoms with E-state index in [-0.39, 0.29) is 0 Å². The Bertz CT molecular complexity index is 231. The van der Waals surface area contributed by atoms with E-state index in [9.17, 15) is 0 Å². The molecule has 0 N–H and O–H groups in total. The molecule has 1 unspecified atom stereocenters. The van der Waals surface area contributed by atoms with Gasteiger partial charge in [-0.1, -0.05) is 38.5 Å². The summed E-state index contributed by atoms with van der Waals surface area (Å²) < 4.78 is 2.86. The number of rotatable bonds is 5. The van der Waals surface area contributed by atoms with Gasteiger partial charge in [-0.2, -0.15) is 0 Å². The summed E-state index contributed by atoms with van der Waals surface area (Å²) in [6.07, 6.45) is 8.05. The molecule has 1 aliphatic heterocycles. The van der Waals surface area contributed by atoms with Gasteiger partial charge in [0.15, 0.2) is 0 Å². The van der Waals surface area contributed by atoms with Gasteiger partial charge in [-0.3, -0.25) is 0 Å². The first-order valence-corrected chi connectivity index (χ1v) is 9.89. The lowest BCUT2D eigenvalue weighted by molar-refractivity contribution is 0.341. The smallest absolute Gasteiger partial charge is 0.128 e. The molecule has 94 valence electrons. The number of piperidine rings is 1. The van der Waals surface area contributed by atoms with Crippen LogP contribution in [-0.4, -0.2) is 25.9 Å². The molecule has 0 spiro atoms. The summed E-state index contributed by atoms with van der Waals surface area (Å²) in [5.41, 5.74) is 1.57. The van der Waals surface area contributed by atoms with Gasteiger partial charge in [0.1, 0.15) is 8.24 Å². The highest BCUT2D eigenvalue weighted by Crippen LogP contribution is 2.25. The molecule has 2 heteroatoms. The van der Waals surface area contributed by atoms with E-state index in [0.717, 1.165) is 0 Å². The minimum absolute atomic E-state index is 1.14. The Morgan fingerprint density at radius 1 is 1.19 bits per heavy atom. The molecule has 0 saturated carbocycles. The summed E-state index contributed by atoms with van der Waals surface area (Å²) in [4.78, 5) is 0. The van der Waals surface area contributed by atoms with Crippen molar-refractivity contribution >= 4 is 8.24 Å². The van der Waals surface area contributed by atoms with E-state index in [1.165, 1.54) is 50.9 Å². The first kappa shape index (κ1) is 14.0. The van der Waals surface area contributed by atoms with Crippen LogP contribution in [0.4, 0.5) is 0 Å². The van der Waals surface area contributed by atoms with Crippen LogP contribution < -0.4 is 0 Å². The molecule has 0 aromatic carbocycles. The average molecular weight is 239 g/mol. The first-order chi connectivity index (χ1) is 7.62. The van der Waals surface area contributed by atoms with E-state index >= 15 is 0 Å². The van der Waals surface area contributed by atoms with E-state index in [1.54, 1.807) is 5.57 Å². The van der Waals surface area contributed by atoms with Gasteiger partial charge in [0, 0.05) is 0 Å². The van der Waals surface area contributed by atoms with Crippen LogP contribution >= 0.6 is 0 Å². The van der Waals surface area contributed by atoms with Gasteiger partial charge in [-0.25, -0.2) is 0 Å². The maximum Gasteiger partial charge on any atom is 0.128 e. The van der Waals surface area contributed by atoms with Crippen LogP contribution in [0.5, 0.6) is 0 Å². The van der Waals surface area contributed by atoms with Crippen molar-refractivity contribution in [2.45, 2.75) is 65.1 Å². The van der Waals surface area contributed by atoms with E-state index in [0.29, 0.717) is 0 Å². The quantitative estimate of drug-likeness (QED) is 0.507. The Balaban J connectivity index is 2.60. The van der Waals surface area contributed by atoms with E-state index in [4.69, 9.17) is 0 Å². The van der Waals surface area contributed by atoms with Crippen LogP contribution in [0.2, 0.25) is 18.6 Å². The third-order valence-corrected chi connectivity index (χ3v) is 8.91. The molecule has 0 aromatic heterocycles. The third-order valence-electron chi connectivity index (χ3n) is 4.33. The van der Waals surface area contributed by atoms with Crippen molar-refractivity contribution in [3.63, 3.8) is 0 Å². The summed E-state index contributed by atoms with van der Waals surface area (Å²) in [5.74, 6) is 0. The standard InChI is InChI=1S/C14H29NSi/c1-5-14(3)10-13-16(4,6-2)15-11-8-7-9-12-15/h10H,5-9,11-13H2,1-4H3. The second kappa shape index (κ2) is 6.60. The van der Waals surface area contributed by atoms with E-state index in [1.807, 2.05) is 0 Å². The van der Waals surface area contributed by atoms with Crippen molar-refractivity contribution < 1.29 is 0 Å². The normalized spacial score (nSPS) is 23.1. The van der Waals surface area contributed by atoms with Crippen LogP contribution in [0.25, 0.3) is 0 Å². The molecule has 0 amide bonds.